The second-order valence-corrected chi connectivity index (χ2v) is 6.94. The van der Waals surface area contributed by atoms with Crippen molar-refractivity contribution < 1.29 is 0 Å². The van der Waals surface area contributed by atoms with Gasteiger partial charge in [0.05, 0.1) is 10.7 Å². The minimum atomic E-state index is 0.920. The molecule has 2 rings (SSSR count). The van der Waals surface area contributed by atoms with Gasteiger partial charge >= 0.3 is 0 Å². The Morgan fingerprint density at radius 3 is 2.52 bits per heavy atom. The monoisotopic (exact) mass is 329 g/mol. The molecular formula is C19H27N3S. The molecule has 0 saturated carbocycles. The Hall–Kier alpha value is -1.65. The summed E-state index contributed by atoms with van der Waals surface area (Å²) in [6.07, 6.45) is 10.2. The van der Waals surface area contributed by atoms with Crippen LogP contribution in [0.3, 0.4) is 0 Å². The summed E-state index contributed by atoms with van der Waals surface area (Å²) in [7, 11) is 2.18. The molecule has 23 heavy (non-hydrogen) atoms. The standard InChI is InChI=1S/C19H27N3S/c1-6-8-16(3)13-18-15-23-17(4)21(7-2)14-19(18)22-11-9-20(5)10-12-22/h6-8,13-14H,1-2,4,9-12,15H2,3,5H3/b16-8-,18-13+. The summed E-state index contributed by atoms with van der Waals surface area (Å²) in [4.78, 5) is 6.88. The van der Waals surface area contributed by atoms with Crippen LogP contribution in [0, 0.1) is 0 Å². The van der Waals surface area contributed by atoms with Crippen molar-refractivity contribution in [3.05, 3.63) is 72.2 Å². The minimum Gasteiger partial charge on any atom is -0.368 e. The zero-order valence-corrected chi connectivity index (χ0v) is 15.1. The summed E-state index contributed by atoms with van der Waals surface area (Å²) in [6, 6.07) is 0. The van der Waals surface area contributed by atoms with Gasteiger partial charge in [-0.3, -0.25) is 0 Å². The number of piperazine rings is 1. The smallest absolute Gasteiger partial charge is 0.0719 e. The van der Waals surface area contributed by atoms with Crippen LogP contribution in [-0.2, 0) is 0 Å². The molecule has 0 aliphatic carbocycles. The average molecular weight is 330 g/mol. The first-order valence-corrected chi connectivity index (χ1v) is 8.92. The lowest BCUT2D eigenvalue weighted by Gasteiger charge is -2.36. The molecule has 0 spiro atoms. The molecule has 0 N–H and O–H groups in total. The predicted octanol–water partition coefficient (Wildman–Crippen LogP) is 3.80. The quantitative estimate of drug-likeness (QED) is 0.726. The van der Waals surface area contributed by atoms with Crippen LogP contribution in [0.2, 0.25) is 0 Å². The Morgan fingerprint density at radius 2 is 1.91 bits per heavy atom. The number of thioether (sulfide) groups is 1. The number of nitrogens with zero attached hydrogens (tertiary/aromatic N) is 3. The molecule has 0 radical (unpaired) electrons. The summed E-state index contributed by atoms with van der Waals surface area (Å²) < 4.78 is 0. The van der Waals surface area contributed by atoms with Gasteiger partial charge in [-0.2, -0.15) is 0 Å². The van der Waals surface area contributed by atoms with Crippen LogP contribution in [0.1, 0.15) is 6.92 Å². The van der Waals surface area contributed by atoms with Crippen LogP contribution in [0.25, 0.3) is 0 Å². The highest BCUT2D eigenvalue weighted by molar-refractivity contribution is 8.03. The lowest BCUT2D eigenvalue weighted by atomic mass is 10.1. The van der Waals surface area contributed by atoms with Gasteiger partial charge in [0.2, 0.25) is 0 Å². The highest BCUT2D eigenvalue weighted by atomic mass is 32.2. The van der Waals surface area contributed by atoms with E-state index in [1.807, 2.05) is 23.3 Å². The third kappa shape index (κ3) is 4.66. The largest absolute Gasteiger partial charge is 0.368 e. The van der Waals surface area contributed by atoms with Crippen LogP contribution in [0.5, 0.6) is 0 Å². The summed E-state index contributed by atoms with van der Waals surface area (Å²) in [6.45, 7) is 18.3. The Bertz CT molecular complexity index is 563. The third-order valence-corrected chi connectivity index (χ3v) is 5.10. The second-order valence-electron chi connectivity index (χ2n) is 5.89. The SMILES string of the molecule is C=C/C=C(C)\C=C1/CSC(=C)N(C=C)C=C1N1CCN(C)CC1. The molecular weight excluding hydrogens is 302 g/mol. The van der Waals surface area contributed by atoms with Crippen molar-refractivity contribution in [2.75, 3.05) is 39.0 Å². The lowest BCUT2D eigenvalue weighted by molar-refractivity contribution is 0.187. The van der Waals surface area contributed by atoms with Crippen LogP contribution < -0.4 is 0 Å². The van der Waals surface area contributed by atoms with Gasteiger partial charge in [-0.15, -0.1) is 11.8 Å². The highest BCUT2D eigenvalue weighted by Gasteiger charge is 2.23. The molecule has 0 amide bonds. The molecule has 1 fully saturated rings. The number of likely N-dealkylation sites (N-methyl/N-ethyl adjacent to an activating group) is 1. The molecule has 3 nitrogen and oxygen atoms in total. The molecule has 4 heteroatoms. The second kappa shape index (κ2) is 8.27. The summed E-state index contributed by atoms with van der Waals surface area (Å²) in [5, 5.41) is 1.01. The van der Waals surface area contributed by atoms with Crippen molar-refractivity contribution in [2.24, 2.45) is 0 Å². The van der Waals surface area contributed by atoms with Crippen LogP contribution in [0.4, 0.5) is 0 Å². The van der Waals surface area contributed by atoms with Gasteiger partial charge in [-0.05, 0) is 19.5 Å². The van der Waals surface area contributed by atoms with E-state index in [4.69, 9.17) is 0 Å². The molecule has 2 aliphatic rings. The first kappa shape index (κ1) is 17.7. The van der Waals surface area contributed by atoms with Crippen LogP contribution in [0.15, 0.2) is 72.2 Å². The maximum Gasteiger partial charge on any atom is 0.0719 e. The molecule has 2 aliphatic heterocycles. The minimum absolute atomic E-state index is 0.920. The zero-order valence-electron chi connectivity index (χ0n) is 14.3. The first-order chi connectivity index (χ1) is 11.0. The molecule has 0 bridgehead atoms. The lowest BCUT2D eigenvalue weighted by Crippen LogP contribution is -2.44. The maximum absolute atomic E-state index is 4.16. The van der Waals surface area contributed by atoms with Crippen LogP contribution in [-0.4, -0.2) is 53.7 Å². The third-order valence-electron chi connectivity index (χ3n) is 4.10. The van der Waals surface area contributed by atoms with E-state index in [0.717, 1.165) is 37.0 Å². The molecule has 0 aromatic carbocycles. The van der Waals surface area contributed by atoms with Crippen molar-refractivity contribution in [3.63, 3.8) is 0 Å². The van der Waals surface area contributed by atoms with Gasteiger partial charge in [-0.25, -0.2) is 0 Å². The molecule has 0 unspecified atom stereocenters. The van der Waals surface area contributed by atoms with E-state index in [9.17, 15) is 0 Å². The van der Waals surface area contributed by atoms with Crippen molar-refractivity contribution in [1.29, 1.82) is 0 Å². The topological polar surface area (TPSA) is 9.72 Å². The molecule has 124 valence electrons. The average Bonchev–Trinajstić information content (AvgIpc) is 2.68. The van der Waals surface area contributed by atoms with Gasteiger partial charge in [0, 0.05) is 44.3 Å². The van der Waals surface area contributed by atoms with E-state index in [0.29, 0.717) is 0 Å². The number of hydrogen-bond acceptors (Lipinski definition) is 4. The van der Waals surface area contributed by atoms with Gasteiger partial charge in [-0.1, -0.05) is 43.5 Å². The van der Waals surface area contributed by atoms with E-state index in [1.165, 1.54) is 16.8 Å². The summed E-state index contributed by atoms with van der Waals surface area (Å²) in [5.41, 5.74) is 3.83. The Labute approximate surface area is 145 Å². The fraction of sp³-hybridized carbons (Fsp3) is 0.368. The van der Waals surface area contributed by atoms with E-state index < -0.39 is 0 Å². The fourth-order valence-corrected chi connectivity index (χ4v) is 3.54. The Morgan fingerprint density at radius 1 is 1.22 bits per heavy atom. The normalized spacial score (nSPS) is 22.9. The Kier molecular flexibility index (Phi) is 6.37. The molecule has 2 heterocycles. The fourth-order valence-electron chi connectivity index (χ4n) is 2.71. The van der Waals surface area contributed by atoms with Crippen molar-refractivity contribution in [3.8, 4) is 0 Å². The highest BCUT2D eigenvalue weighted by Crippen LogP contribution is 2.32. The van der Waals surface area contributed by atoms with Gasteiger partial charge in [0.1, 0.15) is 0 Å². The molecule has 0 aromatic heterocycles. The van der Waals surface area contributed by atoms with Crippen molar-refractivity contribution in [1.82, 2.24) is 14.7 Å². The van der Waals surface area contributed by atoms with Crippen molar-refractivity contribution in [2.45, 2.75) is 6.92 Å². The Balaban J connectivity index is 2.37. The molecule has 0 atom stereocenters. The van der Waals surface area contributed by atoms with E-state index in [2.05, 4.69) is 55.8 Å². The first-order valence-electron chi connectivity index (χ1n) is 7.93. The molecule has 1 saturated heterocycles. The summed E-state index contributed by atoms with van der Waals surface area (Å²) in [5.74, 6) is 0.920. The van der Waals surface area contributed by atoms with Crippen LogP contribution >= 0.6 is 11.8 Å². The van der Waals surface area contributed by atoms with Gasteiger partial charge < -0.3 is 14.7 Å². The number of hydrogen-bond donors (Lipinski definition) is 0. The van der Waals surface area contributed by atoms with Gasteiger partial charge in [0.15, 0.2) is 0 Å². The van der Waals surface area contributed by atoms with Gasteiger partial charge in [0.25, 0.3) is 0 Å². The zero-order chi connectivity index (χ0) is 16.8. The number of allylic oxidation sites excluding steroid dienone is 5. The van der Waals surface area contributed by atoms with E-state index in [-0.39, 0.29) is 0 Å². The van der Waals surface area contributed by atoms with E-state index in [1.54, 1.807) is 11.8 Å². The summed E-state index contributed by atoms with van der Waals surface area (Å²) >= 11 is 1.76. The predicted molar refractivity (Wildman–Crippen MR) is 103 cm³/mol. The van der Waals surface area contributed by atoms with E-state index >= 15 is 0 Å². The molecule has 0 aromatic rings. The maximum atomic E-state index is 4.16. The number of rotatable bonds is 4. The van der Waals surface area contributed by atoms with Crippen molar-refractivity contribution >= 4 is 11.8 Å².